The number of furan rings is 1. The highest BCUT2D eigenvalue weighted by Gasteiger charge is 2.48. The van der Waals surface area contributed by atoms with Crippen molar-refractivity contribution in [3.05, 3.63) is 63.7 Å². The van der Waals surface area contributed by atoms with Gasteiger partial charge in [-0.05, 0) is 86.5 Å². The number of amides is 4. The minimum Gasteiger partial charge on any atom is -0.449 e. The van der Waals surface area contributed by atoms with Crippen LogP contribution in [-0.4, -0.2) is 53.1 Å². The summed E-state index contributed by atoms with van der Waals surface area (Å²) in [5, 5.41) is 11.0. The number of benzene rings is 1. The topological polar surface area (TPSA) is 169 Å². The van der Waals surface area contributed by atoms with E-state index in [0.29, 0.717) is 22.8 Å². The highest BCUT2D eigenvalue weighted by atomic mass is 35.5. The Bertz CT molecular complexity index is 1740. The lowest BCUT2D eigenvalue weighted by molar-refractivity contribution is -0.137. The monoisotopic (exact) mass is 649 g/mol. The molecule has 4 aliphatic rings. The van der Waals surface area contributed by atoms with E-state index in [-0.39, 0.29) is 47.8 Å². The van der Waals surface area contributed by atoms with Crippen molar-refractivity contribution >= 4 is 57.7 Å². The van der Waals surface area contributed by atoms with Gasteiger partial charge in [-0.2, -0.15) is 0 Å². The van der Waals surface area contributed by atoms with Crippen LogP contribution in [0, 0.1) is 23.7 Å². The lowest BCUT2D eigenvalue weighted by Gasteiger charge is -2.54. The Balaban J connectivity index is 1.14. The Morgan fingerprint density at radius 3 is 2.35 bits per heavy atom. The first-order valence-corrected chi connectivity index (χ1v) is 16.0. The quantitative estimate of drug-likeness (QED) is 0.232. The van der Waals surface area contributed by atoms with Crippen LogP contribution in [0.4, 0.5) is 5.69 Å². The zero-order chi connectivity index (χ0) is 32.5. The standard InChI is InChI=1S/C33H36ClN5O7/c1-35-31(43)24(40)9-8-22(36-32(44)29-27(34)21-5-2-3-7-25(21)46-29)30(42)37-23-6-4-10-39(33(23)45)16-26(41)38-28-19-12-17-11-18(14-19)15-20(28)13-17/h2-7,10,17-20,22,28H,8-9,11-16H2,1H3,(H,35,43)(H,36,44)(H,37,42)(H,38,41)/t17?,18?,19?,20?,22-,28?/m0/s1. The van der Waals surface area contributed by atoms with Gasteiger partial charge in [0.15, 0.2) is 0 Å². The fraction of sp³-hybridized carbons (Fsp3) is 0.455. The maximum Gasteiger partial charge on any atom is 0.289 e. The number of ketones is 1. The van der Waals surface area contributed by atoms with Crippen LogP contribution in [0.15, 0.2) is 51.8 Å². The van der Waals surface area contributed by atoms with E-state index in [1.54, 1.807) is 24.3 Å². The average molecular weight is 650 g/mol. The number of rotatable bonds is 11. The molecule has 3 aromatic rings. The summed E-state index contributed by atoms with van der Waals surface area (Å²) in [5.41, 5.74) is -0.359. The van der Waals surface area contributed by atoms with Gasteiger partial charge >= 0.3 is 0 Å². The third-order valence-corrected chi connectivity index (χ3v) is 10.0. The van der Waals surface area contributed by atoms with Crippen molar-refractivity contribution < 1.29 is 28.4 Å². The first kappa shape index (κ1) is 31.5. The predicted octanol–water partition coefficient (Wildman–Crippen LogP) is 3.02. The number of carbonyl (C=O) groups excluding carboxylic acids is 5. The van der Waals surface area contributed by atoms with Crippen molar-refractivity contribution in [1.29, 1.82) is 0 Å². The summed E-state index contributed by atoms with van der Waals surface area (Å²) in [7, 11) is 1.31. The van der Waals surface area contributed by atoms with Crippen LogP contribution in [0.5, 0.6) is 0 Å². The number of halogens is 1. The number of anilines is 1. The molecule has 4 saturated carbocycles. The van der Waals surface area contributed by atoms with Crippen LogP contribution in [0.1, 0.15) is 55.5 Å². The van der Waals surface area contributed by atoms with E-state index in [2.05, 4.69) is 21.3 Å². The van der Waals surface area contributed by atoms with Gasteiger partial charge in [0.25, 0.3) is 17.4 Å². The van der Waals surface area contributed by atoms with E-state index in [1.807, 2.05) is 0 Å². The minimum atomic E-state index is -1.35. The highest BCUT2D eigenvalue weighted by molar-refractivity contribution is 6.38. The summed E-state index contributed by atoms with van der Waals surface area (Å²) >= 11 is 6.37. The number of Topliss-reactive ketones (excluding diaryl/α,β-unsaturated/α-hetero) is 1. The molecule has 4 amide bonds. The first-order valence-electron chi connectivity index (χ1n) is 15.6. The number of pyridine rings is 1. The van der Waals surface area contributed by atoms with E-state index in [4.69, 9.17) is 16.0 Å². The fourth-order valence-electron chi connectivity index (χ4n) is 7.70. The number of hydrogen-bond donors (Lipinski definition) is 4. The number of para-hydroxylation sites is 1. The number of nitrogens with one attached hydrogen (secondary N) is 4. The summed E-state index contributed by atoms with van der Waals surface area (Å²) in [4.78, 5) is 77.1. The number of carbonyl (C=O) groups is 5. The zero-order valence-corrected chi connectivity index (χ0v) is 26.1. The first-order chi connectivity index (χ1) is 22.1. The van der Waals surface area contributed by atoms with Gasteiger partial charge in [0.2, 0.25) is 23.4 Å². The second kappa shape index (κ2) is 13.1. The molecular weight excluding hydrogens is 614 g/mol. The highest BCUT2D eigenvalue weighted by Crippen LogP contribution is 2.53. The van der Waals surface area contributed by atoms with E-state index in [1.165, 1.54) is 36.4 Å². The number of fused-ring (bicyclic) bond motifs is 1. The van der Waals surface area contributed by atoms with Crippen LogP contribution in [0.2, 0.25) is 5.02 Å². The Hall–Kier alpha value is -4.45. The van der Waals surface area contributed by atoms with Crippen molar-refractivity contribution in [1.82, 2.24) is 20.5 Å². The smallest absolute Gasteiger partial charge is 0.289 e. The predicted molar refractivity (Wildman–Crippen MR) is 169 cm³/mol. The molecule has 12 nitrogen and oxygen atoms in total. The molecule has 7 rings (SSSR count). The molecule has 0 radical (unpaired) electrons. The van der Waals surface area contributed by atoms with Crippen LogP contribution >= 0.6 is 11.6 Å². The number of hydrogen-bond acceptors (Lipinski definition) is 7. The largest absolute Gasteiger partial charge is 0.449 e. The summed E-state index contributed by atoms with van der Waals surface area (Å²) in [6, 6.07) is 8.44. The maximum absolute atomic E-state index is 13.4. The van der Waals surface area contributed by atoms with Crippen LogP contribution in [0.3, 0.4) is 0 Å². The molecule has 0 saturated heterocycles. The molecule has 242 valence electrons. The molecule has 2 heterocycles. The van der Waals surface area contributed by atoms with Crippen molar-refractivity contribution in [2.75, 3.05) is 12.4 Å². The van der Waals surface area contributed by atoms with Gasteiger partial charge in [-0.1, -0.05) is 23.7 Å². The molecule has 1 atom stereocenters. The summed E-state index contributed by atoms with van der Waals surface area (Å²) < 4.78 is 6.82. The molecule has 46 heavy (non-hydrogen) atoms. The van der Waals surface area contributed by atoms with Gasteiger partial charge < -0.3 is 30.3 Å². The van der Waals surface area contributed by atoms with E-state index in [0.717, 1.165) is 37.5 Å². The van der Waals surface area contributed by atoms with Gasteiger partial charge in [0.1, 0.15) is 23.9 Å². The van der Waals surface area contributed by atoms with Gasteiger partial charge in [0, 0.05) is 31.1 Å². The Morgan fingerprint density at radius 1 is 0.978 bits per heavy atom. The van der Waals surface area contributed by atoms with Crippen molar-refractivity contribution in [3.63, 3.8) is 0 Å². The van der Waals surface area contributed by atoms with Crippen LogP contribution in [0.25, 0.3) is 11.0 Å². The summed E-state index contributed by atoms with van der Waals surface area (Å²) in [5.74, 6) is -1.24. The van der Waals surface area contributed by atoms with Gasteiger partial charge in [-0.3, -0.25) is 28.8 Å². The van der Waals surface area contributed by atoms with Gasteiger partial charge in [-0.15, -0.1) is 0 Å². The fourth-order valence-corrected chi connectivity index (χ4v) is 7.99. The molecule has 4 N–H and O–H groups in total. The number of aromatic nitrogens is 1. The van der Waals surface area contributed by atoms with Crippen molar-refractivity contribution in [2.24, 2.45) is 23.7 Å². The SMILES string of the molecule is CNC(=O)C(=O)CC[C@H](NC(=O)c1oc2ccccc2c1Cl)C(=O)Nc1cccn(CC(=O)NC2C3CC4CC(C3)CC2C4)c1=O. The van der Waals surface area contributed by atoms with Gasteiger partial charge in [-0.25, -0.2) is 0 Å². The lowest BCUT2D eigenvalue weighted by Crippen LogP contribution is -2.56. The van der Waals surface area contributed by atoms with Crippen LogP contribution in [-0.2, 0) is 25.7 Å². The molecule has 0 unspecified atom stereocenters. The van der Waals surface area contributed by atoms with Gasteiger partial charge in [0.05, 0.1) is 5.02 Å². The minimum absolute atomic E-state index is 0.0478. The van der Waals surface area contributed by atoms with E-state index in [9.17, 15) is 28.8 Å². The van der Waals surface area contributed by atoms with Crippen molar-refractivity contribution in [2.45, 2.75) is 63.6 Å². The average Bonchev–Trinajstić information content (AvgIpc) is 3.38. The number of likely N-dealkylation sites (N-methyl/N-ethyl adjacent to an activating group) is 1. The molecule has 4 fully saturated rings. The summed E-state index contributed by atoms with van der Waals surface area (Å²) in [6.07, 6.45) is 6.75. The molecule has 1 aromatic carbocycles. The Labute approximate surface area is 269 Å². The molecule has 13 heteroatoms. The Morgan fingerprint density at radius 2 is 1.67 bits per heavy atom. The molecule has 0 aliphatic heterocycles. The third kappa shape index (κ3) is 6.44. The Kier molecular flexibility index (Phi) is 8.99. The number of nitrogens with zero attached hydrogens (tertiary/aromatic N) is 1. The maximum atomic E-state index is 13.4. The molecular formula is C33H36ClN5O7. The lowest BCUT2D eigenvalue weighted by atomic mass is 9.54. The second-order valence-electron chi connectivity index (χ2n) is 12.7. The van der Waals surface area contributed by atoms with Crippen LogP contribution < -0.4 is 26.8 Å². The third-order valence-electron chi connectivity index (χ3n) is 9.65. The normalized spacial score (nSPS) is 23.5. The zero-order valence-electron chi connectivity index (χ0n) is 25.3. The van der Waals surface area contributed by atoms with E-state index >= 15 is 0 Å². The molecule has 4 aliphatic carbocycles. The second-order valence-corrected chi connectivity index (χ2v) is 13.1. The summed E-state index contributed by atoms with van der Waals surface area (Å²) in [6.45, 7) is -0.212. The molecule has 2 aromatic heterocycles. The van der Waals surface area contributed by atoms with Crippen molar-refractivity contribution in [3.8, 4) is 0 Å². The van der Waals surface area contributed by atoms with E-state index < -0.39 is 35.1 Å². The molecule has 4 bridgehead atoms. The molecule has 0 spiro atoms.